The van der Waals surface area contributed by atoms with Gasteiger partial charge in [-0.05, 0) is 0 Å². The molecule has 0 saturated carbocycles. The Morgan fingerprint density at radius 3 is 0.614 bits per heavy atom. The maximum absolute atomic E-state index is 2.42. The van der Waals surface area contributed by atoms with E-state index in [1.807, 2.05) is 0 Å². The fourth-order valence-corrected chi connectivity index (χ4v) is 27.6. The topological polar surface area (TPSA) is 0 Å². The molecule has 0 bridgehead atoms. The van der Waals surface area contributed by atoms with Crippen LogP contribution in [0.3, 0.4) is 0 Å². The Morgan fingerprint density at radius 1 is 0.246 bits per heavy atom. The summed E-state index contributed by atoms with van der Waals surface area (Å²) in [6, 6.07) is 91.9. The van der Waals surface area contributed by atoms with Crippen molar-refractivity contribution in [1.29, 1.82) is 0 Å². The SMILES string of the molecule is c1ccc(P(C[CH]([Rh][CH](CP(c2ccccc2)c2ccccc2)P(c2ccccc2)c2ccccc2)P(c2ccccc2)c2ccccc2)c2ccccc2)cc1. The molecule has 283 valence electrons. The molecule has 8 aromatic carbocycles. The maximum atomic E-state index is 2.42. The molecule has 0 heterocycles. The molecule has 0 aliphatic rings. The molecule has 0 aliphatic carbocycles. The molecule has 0 fully saturated rings. The molecule has 0 aliphatic heterocycles. The van der Waals surface area contributed by atoms with Crippen LogP contribution >= 0.6 is 31.7 Å². The molecule has 2 atom stereocenters. The van der Waals surface area contributed by atoms with Gasteiger partial charge in [-0.25, -0.2) is 0 Å². The summed E-state index contributed by atoms with van der Waals surface area (Å²) < 4.78 is 0.977. The fraction of sp³-hybridized carbons (Fsp3) is 0.0769. The Hall–Kier alpha value is -3.90. The van der Waals surface area contributed by atoms with Crippen molar-refractivity contribution in [3.05, 3.63) is 243 Å². The molecule has 0 spiro atoms. The molecule has 5 heteroatoms. The molecule has 2 unspecified atom stereocenters. The fourth-order valence-electron chi connectivity index (χ4n) is 7.19. The zero-order valence-electron chi connectivity index (χ0n) is 31.8. The van der Waals surface area contributed by atoms with Crippen LogP contribution in [0.5, 0.6) is 0 Å². The predicted molar refractivity (Wildman–Crippen MR) is 254 cm³/mol. The third-order valence-electron chi connectivity index (χ3n) is 9.85. The summed E-state index contributed by atoms with van der Waals surface area (Å²) >= 11 is 0.133. The van der Waals surface area contributed by atoms with Crippen LogP contribution in [-0.4, -0.2) is 20.8 Å². The van der Waals surface area contributed by atoms with Crippen molar-refractivity contribution < 1.29 is 17.1 Å². The minimum atomic E-state index is -0.691. The average Bonchev–Trinajstić information content (AvgIpc) is 3.30. The second-order valence-corrected chi connectivity index (χ2v) is 27.1. The molecular formula is C52H46P4Rh. The van der Waals surface area contributed by atoms with E-state index in [2.05, 4.69) is 243 Å². The zero-order chi connectivity index (χ0) is 38.5. The van der Waals surface area contributed by atoms with Crippen molar-refractivity contribution in [2.24, 2.45) is 0 Å². The van der Waals surface area contributed by atoms with E-state index < -0.39 is 31.7 Å². The first kappa shape index (κ1) is 39.9. The monoisotopic (exact) mass is 897 g/mol. The van der Waals surface area contributed by atoms with E-state index in [4.69, 9.17) is 0 Å². The first-order valence-electron chi connectivity index (χ1n) is 19.4. The van der Waals surface area contributed by atoms with Crippen LogP contribution in [0.1, 0.15) is 0 Å². The molecule has 0 nitrogen and oxygen atoms in total. The quantitative estimate of drug-likeness (QED) is 0.0670. The normalized spacial score (nSPS) is 12.6. The van der Waals surface area contributed by atoms with Crippen LogP contribution in [0.25, 0.3) is 0 Å². The van der Waals surface area contributed by atoms with Crippen LogP contribution in [0, 0.1) is 0 Å². The van der Waals surface area contributed by atoms with Gasteiger partial charge in [-0.3, -0.25) is 0 Å². The predicted octanol–water partition coefficient (Wildman–Crippen LogP) is 10.3. The van der Waals surface area contributed by atoms with Crippen LogP contribution < -0.4 is 42.4 Å². The minimum absolute atomic E-state index is 0.133. The van der Waals surface area contributed by atoms with Gasteiger partial charge >= 0.3 is 355 Å². The van der Waals surface area contributed by atoms with Crippen molar-refractivity contribution in [2.45, 2.75) is 8.51 Å². The van der Waals surface area contributed by atoms with Gasteiger partial charge in [0.25, 0.3) is 0 Å². The number of hydrogen-bond donors (Lipinski definition) is 0. The first-order valence-corrected chi connectivity index (χ1v) is 27.2. The summed E-state index contributed by atoms with van der Waals surface area (Å²) in [7, 11) is -2.63. The molecule has 57 heavy (non-hydrogen) atoms. The second-order valence-electron chi connectivity index (χ2n) is 13.6. The van der Waals surface area contributed by atoms with Crippen molar-refractivity contribution >= 4 is 74.1 Å². The second kappa shape index (κ2) is 20.7. The van der Waals surface area contributed by atoms with E-state index in [1.165, 1.54) is 42.4 Å². The van der Waals surface area contributed by atoms with Crippen LogP contribution in [0.2, 0.25) is 0 Å². The standard InChI is InChI=1S/2C26H23P2.Rh/c2*1-5-13-23(14-6-1)27(24-15-7-2-8-16-24)21-22-28(25-17-9-3-10-18-25)26-19-11-4-12-20-26;/h2*1-21H,22H2;. The van der Waals surface area contributed by atoms with E-state index >= 15 is 0 Å². The van der Waals surface area contributed by atoms with Gasteiger partial charge in [-0.15, -0.1) is 0 Å². The summed E-state index contributed by atoms with van der Waals surface area (Å²) in [5.41, 5.74) is 0. The zero-order valence-corrected chi connectivity index (χ0v) is 37.0. The Balaban J connectivity index is 1.34. The van der Waals surface area contributed by atoms with Gasteiger partial charge < -0.3 is 0 Å². The molecule has 8 rings (SSSR count). The summed E-state index contributed by atoms with van der Waals surface area (Å²) in [6.07, 6.45) is 2.31. The first-order chi connectivity index (χ1) is 28.3. The van der Waals surface area contributed by atoms with Crippen LogP contribution in [0.4, 0.5) is 0 Å². The molecule has 8 aromatic rings. The molecule has 0 aromatic heterocycles. The molecule has 0 radical (unpaired) electrons. The van der Waals surface area contributed by atoms with E-state index in [0.29, 0.717) is 8.51 Å². The molecule has 0 N–H and O–H groups in total. The van der Waals surface area contributed by atoms with Gasteiger partial charge in [0.15, 0.2) is 0 Å². The van der Waals surface area contributed by atoms with Gasteiger partial charge in [0.1, 0.15) is 0 Å². The van der Waals surface area contributed by atoms with Crippen molar-refractivity contribution in [3.63, 3.8) is 0 Å². The Kier molecular flexibility index (Phi) is 14.5. The van der Waals surface area contributed by atoms with Crippen molar-refractivity contribution in [1.82, 2.24) is 0 Å². The average molecular weight is 898 g/mol. The molecule has 0 amide bonds. The Morgan fingerprint density at radius 2 is 0.421 bits per heavy atom. The summed E-state index contributed by atoms with van der Waals surface area (Å²) in [5.74, 6) is 0. The van der Waals surface area contributed by atoms with Gasteiger partial charge in [-0.2, -0.15) is 0 Å². The number of rotatable bonds is 16. The van der Waals surface area contributed by atoms with Crippen LogP contribution in [-0.2, 0) is 17.1 Å². The summed E-state index contributed by atoms with van der Waals surface area (Å²) in [6.45, 7) is 0. The van der Waals surface area contributed by atoms with Crippen molar-refractivity contribution in [3.8, 4) is 0 Å². The van der Waals surface area contributed by atoms with E-state index in [1.54, 1.807) is 0 Å². The Bertz CT molecular complexity index is 2010. The molecule has 0 saturated heterocycles. The van der Waals surface area contributed by atoms with Crippen LogP contribution in [0.15, 0.2) is 243 Å². The Labute approximate surface area is 352 Å². The third-order valence-corrected chi connectivity index (χ3v) is 27.1. The van der Waals surface area contributed by atoms with E-state index in [9.17, 15) is 0 Å². The van der Waals surface area contributed by atoms with Gasteiger partial charge in [-0.1, -0.05) is 0 Å². The van der Waals surface area contributed by atoms with Gasteiger partial charge in [0.05, 0.1) is 0 Å². The molecular weight excluding hydrogens is 851 g/mol. The van der Waals surface area contributed by atoms with Gasteiger partial charge in [0, 0.05) is 0 Å². The van der Waals surface area contributed by atoms with Gasteiger partial charge in [0.2, 0.25) is 0 Å². The number of benzene rings is 8. The third kappa shape index (κ3) is 10.4. The number of hydrogen-bond acceptors (Lipinski definition) is 0. The summed E-state index contributed by atoms with van der Waals surface area (Å²) in [5, 5.41) is 11.8. The van der Waals surface area contributed by atoms with E-state index in [-0.39, 0.29) is 17.1 Å². The van der Waals surface area contributed by atoms with E-state index in [0.717, 1.165) is 12.3 Å². The summed E-state index contributed by atoms with van der Waals surface area (Å²) in [4.78, 5) is 0. The van der Waals surface area contributed by atoms with Crippen molar-refractivity contribution in [2.75, 3.05) is 12.3 Å².